The number of benzene rings is 3. The van der Waals surface area contributed by atoms with Crippen LogP contribution in [-0.2, 0) is 0 Å². The molecule has 144 valence electrons. The Balaban J connectivity index is 1.63. The molecule has 0 atom stereocenters. The zero-order valence-corrected chi connectivity index (χ0v) is 15.8. The van der Waals surface area contributed by atoms with Gasteiger partial charge in [-0.25, -0.2) is 4.98 Å². The standard InChI is InChI=1S/C22H17N3O4/c1-13-7-8-15(11-14(13)2)22-24-18-12-16(9-10-20(18)29-22)23-21(26)17-5-3-4-6-19(17)25(27)28/h3-12H,1-2H3,(H,23,26). The van der Waals surface area contributed by atoms with Crippen LogP contribution in [0.5, 0.6) is 0 Å². The summed E-state index contributed by atoms with van der Waals surface area (Å²) >= 11 is 0. The lowest BCUT2D eigenvalue weighted by Crippen LogP contribution is -2.13. The maximum absolute atomic E-state index is 12.5. The van der Waals surface area contributed by atoms with Crippen LogP contribution in [0.1, 0.15) is 21.5 Å². The highest BCUT2D eigenvalue weighted by molar-refractivity contribution is 6.07. The predicted molar refractivity (Wildman–Crippen MR) is 110 cm³/mol. The van der Waals surface area contributed by atoms with Crippen LogP contribution in [0, 0.1) is 24.0 Å². The summed E-state index contributed by atoms with van der Waals surface area (Å²) in [5.41, 5.74) is 4.58. The molecule has 0 unspecified atom stereocenters. The zero-order chi connectivity index (χ0) is 20.5. The number of anilines is 1. The molecule has 1 aromatic heterocycles. The first-order valence-corrected chi connectivity index (χ1v) is 8.95. The number of aromatic nitrogens is 1. The van der Waals surface area contributed by atoms with Gasteiger partial charge in [-0.15, -0.1) is 0 Å². The Labute approximate surface area is 166 Å². The number of aryl methyl sites for hydroxylation is 2. The Hall–Kier alpha value is -4.00. The summed E-state index contributed by atoms with van der Waals surface area (Å²) in [4.78, 5) is 27.6. The van der Waals surface area contributed by atoms with Crippen molar-refractivity contribution in [3.63, 3.8) is 0 Å². The van der Waals surface area contributed by atoms with Crippen molar-refractivity contribution in [3.8, 4) is 11.5 Å². The molecule has 3 aromatic carbocycles. The van der Waals surface area contributed by atoms with Gasteiger partial charge in [0.25, 0.3) is 11.6 Å². The number of nitro groups is 1. The smallest absolute Gasteiger partial charge is 0.282 e. The Kier molecular flexibility index (Phi) is 4.56. The van der Waals surface area contributed by atoms with E-state index in [2.05, 4.69) is 10.3 Å². The number of carbonyl (C=O) groups excluding carboxylic acids is 1. The van der Waals surface area contributed by atoms with E-state index < -0.39 is 10.8 Å². The van der Waals surface area contributed by atoms with Gasteiger partial charge in [-0.05, 0) is 61.4 Å². The molecule has 0 aliphatic carbocycles. The summed E-state index contributed by atoms with van der Waals surface area (Å²) in [5, 5.41) is 13.8. The summed E-state index contributed by atoms with van der Waals surface area (Å²) in [6, 6.07) is 16.8. The number of hydrogen-bond donors (Lipinski definition) is 1. The molecule has 0 aliphatic rings. The number of nitro benzene ring substituents is 1. The van der Waals surface area contributed by atoms with Crippen LogP contribution in [-0.4, -0.2) is 15.8 Å². The second-order valence-electron chi connectivity index (χ2n) is 6.73. The van der Waals surface area contributed by atoms with E-state index >= 15 is 0 Å². The largest absolute Gasteiger partial charge is 0.436 e. The number of carbonyl (C=O) groups is 1. The van der Waals surface area contributed by atoms with Crippen molar-refractivity contribution in [3.05, 3.63) is 87.5 Å². The molecule has 1 N–H and O–H groups in total. The fraction of sp³-hybridized carbons (Fsp3) is 0.0909. The highest BCUT2D eigenvalue weighted by atomic mass is 16.6. The summed E-state index contributed by atoms with van der Waals surface area (Å²) in [5.74, 6) is -0.0696. The number of nitrogens with one attached hydrogen (secondary N) is 1. The van der Waals surface area contributed by atoms with E-state index in [4.69, 9.17) is 4.42 Å². The first kappa shape index (κ1) is 18.4. The minimum atomic E-state index is -0.578. The molecule has 0 spiro atoms. The van der Waals surface area contributed by atoms with Gasteiger partial charge in [-0.3, -0.25) is 14.9 Å². The molecule has 0 saturated heterocycles. The van der Waals surface area contributed by atoms with Crippen molar-refractivity contribution >= 4 is 28.4 Å². The average Bonchev–Trinajstić information content (AvgIpc) is 3.13. The highest BCUT2D eigenvalue weighted by Gasteiger charge is 2.19. The summed E-state index contributed by atoms with van der Waals surface area (Å²) in [7, 11) is 0. The van der Waals surface area contributed by atoms with Gasteiger partial charge in [0.1, 0.15) is 11.1 Å². The maximum Gasteiger partial charge on any atom is 0.282 e. The van der Waals surface area contributed by atoms with E-state index in [0.29, 0.717) is 22.7 Å². The van der Waals surface area contributed by atoms with Gasteiger partial charge in [0.2, 0.25) is 5.89 Å². The summed E-state index contributed by atoms with van der Waals surface area (Å²) < 4.78 is 5.83. The van der Waals surface area contributed by atoms with E-state index in [0.717, 1.165) is 11.1 Å². The fourth-order valence-corrected chi connectivity index (χ4v) is 3.03. The Bertz CT molecular complexity index is 1260. The number of oxazole rings is 1. The SMILES string of the molecule is Cc1ccc(-c2nc3cc(NC(=O)c4ccccc4[N+](=O)[O-])ccc3o2)cc1C. The van der Waals surface area contributed by atoms with Gasteiger partial charge in [0, 0.05) is 17.3 Å². The Morgan fingerprint density at radius 2 is 1.83 bits per heavy atom. The van der Waals surface area contributed by atoms with Crippen LogP contribution in [0.2, 0.25) is 0 Å². The predicted octanol–water partition coefficient (Wildman–Crippen LogP) is 5.27. The van der Waals surface area contributed by atoms with Gasteiger partial charge >= 0.3 is 0 Å². The van der Waals surface area contributed by atoms with Gasteiger partial charge in [-0.2, -0.15) is 0 Å². The molecular formula is C22H17N3O4. The normalized spacial score (nSPS) is 10.8. The number of hydrogen-bond acceptors (Lipinski definition) is 5. The van der Waals surface area contributed by atoms with Crippen LogP contribution >= 0.6 is 0 Å². The minimum Gasteiger partial charge on any atom is -0.436 e. The Morgan fingerprint density at radius 1 is 1.03 bits per heavy atom. The van der Waals surface area contributed by atoms with Crippen molar-refractivity contribution in [1.29, 1.82) is 0 Å². The van der Waals surface area contributed by atoms with Crippen molar-refractivity contribution < 1.29 is 14.1 Å². The molecule has 4 aromatic rings. The topological polar surface area (TPSA) is 98.3 Å². The monoisotopic (exact) mass is 387 g/mol. The lowest BCUT2D eigenvalue weighted by molar-refractivity contribution is -0.385. The lowest BCUT2D eigenvalue weighted by Gasteiger charge is -2.05. The van der Waals surface area contributed by atoms with E-state index in [1.807, 2.05) is 32.0 Å². The van der Waals surface area contributed by atoms with Crippen molar-refractivity contribution in [2.75, 3.05) is 5.32 Å². The zero-order valence-electron chi connectivity index (χ0n) is 15.8. The van der Waals surface area contributed by atoms with E-state index in [1.54, 1.807) is 24.3 Å². The number of nitrogens with zero attached hydrogens (tertiary/aromatic N) is 2. The van der Waals surface area contributed by atoms with Crippen molar-refractivity contribution in [1.82, 2.24) is 4.98 Å². The third-order valence-electron chi connectivity index (χ3n) is 4.74. The van der Waals surface area contributed by atoms with Gasteiger partial charge in [0.05, 0.1) is 4.92 Å². The molecule has 29 heavy (non-hydrogen) atoms. The first-order chi connectivity index (χ1) is 13.9. The highest BCUT2D eigenvalue weighted by Crippen LogP contribution is 2.28. The molecule has 7 nitrogen and oxygen atoms in total. The van der Waals surface area contributed by atoms with Crippen molar-refractivity contribution in [2.45, 2.75) is 13.8 Å². The molecule has 1 heterocycles. The molecule has 4 rings (SSSR count). The maximum atomic E-state index is 12.5. The lowest BCUT2D eigenvalue weighted by atomic mass is 10.1. The van der Waals surface area contributed by atoms with Crippen LogP contribution < -0.4 is 5.32 Å². The summed E-state index contributed by atoms with van der Waals surface area (Å²) in [6.45, 7) is 4.06. The third kappa shape index (κ3) is 3.58. The van der Waals surface area contributed by atoms with Gasteiger partial charge in [0.15, 0.2) is 5.58 Å². The van der Waals surface area contributed by atoms with E-state index in [1.165, 1.54) is 23.8 Å². The van der Waals surface area contributed by atoms with Gasteiger partial charge < -0.3 is 9.73 Å². The molecule has 1 amide bonds. The number of fused-ring (bicyclic) bond motifs is 1. The molecule has 0 fully saturated rings. The van der Waals surface area contributed by atoms with E-state index in [9.17, 15) is 14.9 Å². The quantitative estimate of drug-likeness (QED) is 0.380. The fourth-order valence-electron chi connectivity index (χ4n) is 3.03. The molecular weight excluding hydrogens is 370 g/mol. The average molecular weight is 387 g/mol. The molecule has 0 saturated carbocycles. The minimum absolute atomic E-state index is 0.00595. The number of amides is 1. The summed E-state index contributed by atoms with van der Waals surface area (Å²) in [6.07, 6.45) is 0. The molecule has 7 heteroatoms. The van der Waals surface area contributed by atoms with Crippen LogP contribution in [0.15, 0.2) is 65.1 Å². The van der Waals surface area contributed by atoms with Crippen LogP contribution in [0.3, 0.4) is 0 Å². The number of rotatable bonds is 4. The molecule has 0 radical (unpaired) electrons. The first-order valence-electron chi connectivity index (χ1n) is 8.95. The van der Waals surface area contributed by atoms with Crippen molar-refractivity contribution in [2.24, 2.45) is 0 Å². The van der Waals surface area contributed by atoms with E-state index in [-0.39, 0.29) is 11.3 Å². The van der Waals surface area contributed by atoms with Crippen LogP contribution in [0.25, 0.3) is 22.6 Å². The molecule has 0 bridgehead atoms. The van der Waals surface area contributed by atoms with Crippen LogP contribution in [0.4, 0.5) is 11.4 Å². The second-order valence-corrected chi connectivity index (χ2v) is 6.73. The third-order valence-corrected chi connectivity index (χ3v) is 4.74. The number of para-hydroxylation sites is 1. The molecule has 0 aliphatic heterocycles. The van der Waals surface area contributed by atoms with Gasteiger partial charge in [-0.1, -0.05) is 18.2 Å². The Morgan fingerprint density at radius 3 is 2.59 bits per heavy atom. The second kappa shape index (κ2) is 7.20.